The highest BCUT2D eigenvalue weighted by Crippen LogP contribution is 2.35. The molecule has 2 aromatic rings. The molecule has 2 aromatic carbocycles. The van der Waals surface area contributed by atoms with Gasteiger partial charge in [-0.3, -0.25) is 4.79 Å². The van der Waals surface area contributed by atoms with Gasteiger partial charge in [0.05, 0.1) is 11.7 Å². The van der Waals surface area contributed by atoms with Gasteiger partial charge in [-0.1, -0.05) is 36.2 Å². The number of fused-ring (bicyclic) bond motifs is 3. The summed E-state index contributed by atoms with van der Waals surface area (Å²) in [4.78, 5) is 14.8. The van der Waals surface area contributed by atoms with Gasteiger partial charge < -0.3 is 10.2 Å². The van der Waals surface area contributed by atoms with Crippen molar-refractivity contribution < 1.29 is 13.2 Å². The van der Waals surface area contributed by atoms with Gasteiger partial charge in [-0.05, 0) is 49.6 Å². The van der Waals surface area contributed by atoms with Crippen LogP contribution < -0.4 is 10.2 Å². The van der Waals surface area contributed by atoms with Crippen LogP contribution in [0, 0.1) is 0 Å². The Morgan fingerprint density at radius 2 is 1.97 bits per heavy atom. The van der Waals surface area contributed by atoms with E-state index in [0.717, 1.165) is 31.4 Å². The molecule has 152 valence electrons. The van der Waals surface area contributed by atoms with Crippen molar-refractivity contribution in [3.05, 3.63) is 58.6 Å². The molecule has 1 amide bonds. The Hall–Kier alpha value is -2.38. The van der Waals surface area contributed by atoms with Crippen LogP contribution in [0.5, 0.6) is 0 Å². The molecule has 0 unspecified atom stereocenters. The molecule has 0 aliphatic carbocycles. The van der Waals surface area contributed by atoms with Gasteiger partial charge >= 0.3 is 0 Å². The lowest BCUT2D eigenvalue weighted by molar-refractivity contribution is 0.0939. The number of benzene rings is 2. The van der Waals surface area contributed by atoms with E-state index in [1.165, 1.54) is 6.07 Å². The first kappa shape index (κ1) is 19.9. The first-order valence-corrected chi connectivity index (χ1v) is 11.5. The number of sulfonamides is 1. The van der Waals surface area contributed by atoms with E-state index in [2.05, 4.69) is 9.71 Å². The highest BCUT2D eigenvalue weighted by atomic mass is 35.5. The van der Waals surface area contributed by atoms with Crippen LogP contribution in [-0.2, 0) is 10.0 Å². The zero-order valence-electron chi connectivity index (χ0n) is 16.1. The molecule has 6 nitrogen and oxygen atoms in total. The smallest absolute Gasteiger partial charge is 0.286 e. The molecule has 0 spiro atoms. The molecule has 0 saturated carbocycles. The number of anilines is 1. The summed E-state index contributed by atoms with van der Waals surface area (Å²) in [6.07, 6.45) is 3.61. The van der Waals surface area contributed by atoms with Crippen molar-refractivity contribution in [2.24, 2.45) is 4.40 Å². The van der Waals surface area contributed by atoms with Gasteiger partial charge in [-0.2, -0.15) is 8.42 Å². The number of hydrogen-bond acceptors (Lipinski definition) is 4. The number of carbonyl (C=O) groups is 1. The fraction of sp³-hybridized carbons (Fsp3) is 0.333. The summed E-state index contributed by atoms with van der Waals surface area (Å²) in [7, 11) is -3.83. The maximum absolute atomic E-state index is 12.8. The van der Waals surface area contributed by atoms with Gasteiger partial charge in [0.1, 0.15) is 10.7 Å². The lowest BCUT2D eigenvalue weighted by atomic mass is 10.1. The predicted octanol–water partition coefficient (Wildman–Crippen LogP) is 4.31. The highest BCUT2D eigenvalue weighted by Gasteiger charge is 2.32. The monoisotopic (exact) mass is 431 g/mol. The third-order valence-corrected chi connectivity index (χ3v) is 7.01. The van der Waals surface area contributed by atoms with Gasteiger partial charge in [0.15, 0.2) is 0 Å². The number of hydrogen-bond donors (Lipinski definition) is 1. The average molecular weight is 432 g/mol. The minimum absolute atomic E-state index is 0.0844. The van der Waals surface area contributed by atoms with Crippen LogP contribution in [0.4, 0.5) is 5.69 Å². The average Bonchev–Trinajstić information content (AvgIpc) is 2.92. The van der Waals surface area contributed by atoms with E-state index in [4.69, 9.17) is 11.6 Å². The normalized spacial score (nSPS) is 18.7. The van der Waals surface area contributed by atoms with Crippen LogP contribution in [0.1, 0.15) is 54.6 Å². The summed E-state index contributed by atoms with van der Waals surface area (Å²) in [5, 5.41) is 3.45. The second kappa shape index (κ2) is 7.80. The second-order valence-corrected chi connectivity index (χ2v) is 9.32. The second-order valence-electron chi connectivity index (χ2n) is 7.34. The van der Waals surface area contributed by atoms with E-state index in [-0.39, 0.29) is 22.4 Å². The Morgan fingerprint density at radius 3 is 2.76 bits per heavy atom. The van der Waals surface area contributed by atoms with E-state index in [0.29, 0.717) is 23.0 Å². The molecule has 1 saturated heterocycles. The number of amidine groups is 1. The van der Waals surface area contributed by atoms with E-state index in [9.17, 15) is 13.2 Å². The maximum atomic E-state index is 12.8. The molecule has 2 aliphatic heterocycles. The van der Waals surface area contributed by atoms with Gasteiger partial charge in [0.2, 0.25) is 0 Å². The summed E-state index contributed by atoms with van der Waals surface area (Å²) in [5.74, 6) is 0.237. The number of carbonyl (C=O) groups excluding carboxylic acids is 1. The van der Waals surface area contributed by atoms with Crippen molar-refractivity contribution in [3.8, 4) is 0 Å². The molecule has 0 bridgehead atoms. The minimum Gasteiger partial charge on any atom is -0.345 e. The van der Waals surface area contributed by atoms with Crippen LogP contribution in [0.25, 0.3) is 0 Å². The Kier molecular flexibility index (Phi) is 5.36. The lowest BCUT2D eigenvalue weighted by Crippen LogP contribution is -2.35. The van der Waals surface area contributed by atoms with Crippen molar-refractivity contribution in [1.82, 2.24) is 5.32 Å². The quantitative estimate of drug-likeness (QED) is 0.785. The lowest BCUT2D eigenvalue weighted by Gasteiger charge is -2.29. The SMILES string of the molecule is C[C@@H](NC(=O)c1ccc2c(c1)S(=O)(=O)N=C1CCCCCN12)c1ccccc1Cl. The van der Waals surface area contributed by atoms with Crippen molar-refractivity contribution >= 4 is 39.1 Å². The third kappa shape index (κ3) is 3.89. The van der Waals surface area contributed by atoms with Crippen molar-refractivity contribution in [2.75, 3.05) is 11.4 Å². The summed E-state index contributed by atoms with van der Waals surface area (Å²) < 4.78 is 29.5. The molecule has 2 aliphatic rings. The molecule has 1 fully saturated rings. The number of nitrogens with zero attached hydrogens (tertiary/aromatic N) is 2. The Morgan fingerprint density at radius 1 is 1.17 bits per heavy atom. The molecular weight excluding hydrogens is 410 g/mol. The zero-order valence-corrected chi connectivity index (χ0v) is 17.6. The first-order valence-electron chi connectivity index (χ1n) is 9.67. The summed E-state index contributed by atoms with van der Waals surface area (Å²) in [6.45, 7) is 2.57. The Labute approximate surface area is 175 Å². The van der Waals surface area contributed by atoms with Crippen molar-refractivity contribution in [1.29, 1.82) is 0 Å². The van der Waals surface area contributed by atoms with Crippen LogP contribution in [0.15, 0.2) is 51.8 Å². The zero-order chi connectivity index (χ0) is 20.6. The van der Waals surface area contributed by atoms with E-state index >= 15 is 0 Å². The fourth-order valence-electron chi connectivity index (χ4n) is 3.81. The summed E-state index contributed by atoms with van der Waals surface area (Å²) in [5.41, 5.74) is 1.68. The maximum Gasteiger partial charge on any atom is 0.286 e. The number of nitrogens with one attached hydrogen (secondary N) is 1. The van der Waals surface area contributed by atoms with Crippen LogP contribution in [-0.4, -0.2) is 26.7 Å². The van der Waals surface area contributed by atoms with Gasteiger partial charge in [-0.15, -0.1) is 4.40 Å². The highest BCUT2D eigenvalue weighted by molar-refractivity contribution is 7.90. The minimum atomic E-state index is -3.83. The molecule has 1 N–H and O–H groups in total. The molecule has 0 aromatic heterocycles. The van der Waals surface area contributed by atoms with E-state index < -0.39 is 10.0 Å². The number of rotatable bonds is 3. The summed E-state index contributed by atoms with van der Waals surface area (Å²) >= 11 is 6.21. The predicted molar refractivity (Wildman–Crippen MR) is 114 cm³/mol. The molecule has 8 heteroatoms. The first-order chi connectivity index (χ1) is 13.9. The third-order valence-electron chi connectivity index (χ3n) is 5.33. The molecule has 2 heterocycles. The van der Waals surface area contributed by atoms with Crippen molar-refractivity contribution in [3.63, 3.8) is 0 Å². The van der Waals surface area contributed by atoms with Crippen LogP contribution in [0.2, 0.25) is 5.02 Å². The standard InChI is InChI=1S/C21H22ClN3O3S/c1-14(16-7-4-5-8-17(16)22)23-21(26)15-10-11-18-19(13-15)29(27,28)24-20-9-3-2-6-12-25(18)20/h4-5,7-8,10-11,13-14H,2-3,6,9,12H2,1H3,(H,23,26)/t14-/m1/s1. The largest absolute Gasteiger partial charge is 0.345 e. The summed E-state index contributed by atoms with van der Waals surface area (Å²) in [6, 6.07) is 11.8. The molecule has 4 rings (SSSR count). The van der Waals surface area contributed by atoms with Crippen molar-refractivity contribution in [2.45, 2.75) is 43.5 Å². The Bertz CT molecular complexity index is 1100. The van der Waals surface area contributed by atoms with Gasteiger partial charge in [0, 0.05) is 23.6 Å². The van der Waals surface area contributed by atoms with Crippen LogP contribution >= 0.6 is 11.6 Å². The molecule has 29 heavy (non-hydrogen) atoms. The number of halogens is 1. The topological polar surface area (TPSA) is 78.8 Å². The molecular formula is C21H22ClN3O3S. The van der Waals surface area contributed by atoms with E-state index in [1.54, 1.807) is 18.2 Å². The van der Waals surface area contributed by atoms with Gasteiger partial charge in [0.25, 0.3) is 15.9 Å². The molecule has 1 atom stereocenters. The molecule has 0 radical (unpaired) electrons. The fourth-order valence-corrected chi connectivity index (χ4v) is 5.39. The van der Waals surface area contributed by atoms with E-state index in [1.807, 2.05) is 30.0 Å². The number of amides is 1. The van der Waals surface area contributed by atoms with Gasteiger partial charge in [-0.25, -0.2) is 0 Å². The van der Waals surface area contributed by atoms with Crippen LogP contribution in [0.3, 0.4) is 0 Å². The Balaban J connectivity index is 1.64.